The fraction of sp³-hybridized carbons (Fsp3) is 0.207. The van der Waals surface area contributed by atoms with Crippen molar-refractivity contribution >= 4 is 46.3 Å². The number of aryl methyl sites for hydroxylation is 2. The van der Waals surface area contributed by atoms with E-state index < -0.39 is 28.5 Å². The smallest absolute Gasteiger partial charge is 0.294 e. The topological polar surface area (TPSA) is 128 Å². The van der Waals surface area contributed by atoms with Crippen molar-refractivity contribution in [3.63, 3.8) is 0 Å². The van der Waals surface area contributed by atoms with E-state index in [1.54, 1.807) is 49.4 Å². The molecule has 0 atom stereocenters. The van der Waals surface area contributed by atoms with Crippen LogP contribution in [-0.2, 0) is 16.2 Å². The molecule has 3 aromatic carbocycles. The van der Waals surface area contributed by atoms with E-state index in [1.807, 2.05) is 32.0 Å². The van der Waals surface area contributed by atoms with Crippen LogP contribution in [0.2, 0.25) is 0 Å². The number of hydrogen-bond acceptors (Lipinski definition) is 8. The molecule has 0 saturated carbocycles. The van der Waals surface area contributed by atoms with E-state index in [9.17, 15) is 24.5 Å². The van der Waals surface area contributed by atoms with Gasteiger partial charge in [-0.3, -0.25) is 29.4 Å². The van der Waals surface area contributed by atoms with Crippen LogP contribution in [-0.4, -0.2) is 40.0 Å². The number of hydrogen-bond donors (Lipinski definition) is 1. The standard InChI is InChI=1S/C29H27N3O7S/c1-4-38-25-14-20(11-12-24(25)39-17-21-7-5-6-8-23(21)32(36)37)15-26-28(34)31(29(35)40-26)16-27(33)30-22-13-18(2)9-10-19(22)3/h5-15H,4,16-17H2,1-3H3,(H,30,33)/b26-15+. The first-order valence-electron chi connectivity index (χ1n) is 12.4. The van der Waals surface area contributed by atoms with E-state index in [2.05, 4.69) is 5.32 Å². The van der Waals surface area contributed by atoms with Crippen LogP contribution in [0.1, 0.15) is 29.2 Å². The van der Waals surface area contributed by atoms with Crippen LogP contribution in [0.4, 0.5) is 16.2 Å². The maximum Gasteiger partial charge on any atom is 0.294 e. The molecule has 3 amide bonds. The van der Waals surface area contributed by atoms with Gasteiger partial charge in [0.1, 0.15) is 13.2 Å². The van der Waals surface area contributed by atoms with E-state index in [1.165, 1.54) is 6.07 Å². The van der Waals surface area contributed by atoms with Crippen LogP contribution >= 0.6 is 11.8 Å². The Hall–Kier alpha value is -4.64. The number of rotatable bonds is 10. The monoisotopic (exact) mass is 561 g/mol. The summed E-state index contributed by atoms with van der Waals surface area (Å²) >= 11 is 0.748. The molecule has 0 radical (unpaired) electrons. The second-order valence-electron chi connectivity index (χ2n) is 8.95. The number of thioether (sulfide) groups is 1. The van der Waals surface area contributed by atoms with Crippen LogP contribution in [0.25, 0.3) is 6.08 Å². The number of ether oxygens (including phenoxy) is 2. The molecule has 1 aliphatic heterocycles. The van der Waals surface area contributed by atoms with Gasteiger partial charge in [-0.1, -0.05) is 30.3 Å². The molecule has 0 aromatic heterocycles. The van der Waals surface area contributed by atoms with E-state index in [4.69, 9.17) is 9.47 Å². The SMILES string of the molecule is CCOc1cc(/C=C2/SC(=O)N(CC(=O)Nc3cc(C)ccc3C)C2=O)ccc1OCc1ccccc1[N+](=O)[O-]. The lowest BCUT2D eigenvalue weighted by molar-refractivity contribution is -0.385. The summed E-state index contributed by atoms with van der Waals surface area (Å²) in [7, 11) is 0. The number of nitro groups is 1. The maximum atomic E-state index is 13.0. The van der Waals surface area contributed by atoms with Gasteiger partial charge in [-0.2, -0.15) is 0 Å². The Morgan fingerprint density at radius 1 is 1.05 bits per heavy atom. The Kier molecular flexibility index (Phi) is 8.85. The molecule has 0 unspecified atom stereocenters. The molecular weight excluding hydrogens is 534 g/mol. The third kappa shape index (κ3) is 6.67. The number of amides is 3. The Morgan fingerprint density at radius 2 is 1.82 bits per heavy atom. The number of imide groups is 1. The van der Waals surface area contributed by atoms with Gasteiger partial charge in [0.05, 0.1) is 22.0 Å². The van der Waals surface area contributed by atoms with Crippen LogP contribution in [0.15, 0.2) is 65.6 Å². The van der Waals surface area contributed by atoms with Gasteiger partial charge in [-0.05, 0) is 79.6 Å². The number of nitrogens with zero attached hydrogens (tertiary/aromatic N) is 2. The van der Waals surface area contributed by atoms with Crippen molar-refractivity contribution in [3.05, 3.63) is 97.9 Å². The van der Waals surface area contributed by atoms with Crippen LogP contribution in [0.5, 0.6) is 11.5 Å². The summed E-state index contributed by atoms with van der Waals surface area (Å²) in [4.78, 5) is 50.1. The van der Waals surface area contributed by atoms with E-state index in [0.29, 0.717) is 34.9 Å². The molecule has 0 aliphatic carbocycles. The van der Waals surface area contributed by atoms with Gasteiger partial charge in [-0.15, -0.1) is 0 Å². The Labute approximate surface area is 235 Å². The van der Waals surface area contributed by atoms with Crippen LogP contribution in [0.3, 0.4) is 0 Å². The van der Waals surface area contributed by atoms with Crippen LogP contribution in [0, 0.1) is 24.0 Å². The van der Waals surface area contributed by atoms with Crippen molar-refractivity contribution in [2.75, 3.05) is 18.5 Å². The van der Waals surface area contributed by atoms with E-state index >= 15 is 0 Å². The molecule has 11 heteroatoms. The average molecular weight is 562 g/mol. The number of nitrogens with one attached hydrogen (secondary N) is 1. The predicted molar refractivity (Wildman–Crippen MR) is 152 cm³/mol. The molecule has 3 aromatic rings. The lowest BCUT2D eigenvalue weighted by Gasteiger charge is -2.14. The third-order valence-corrected chi connectivity index (χ3v) is 6.89. The molecule has 1 N–H and O–H groups in total. The molecular formula is C29H27N3O7S. The third-order valence-electron chi connectivity index (χ3n) is 5.98. The number of benzene rings is 3. The maximum absolute atomic E-state index is 13.0. The minimum atomic E-state index is -0.569. The molecule has 1 saturated heterocycles. The van der Waals surface area contributed by atoms with Gasteiger partial charge in [-0.25, -0.2) is 0 Å². The molecule has 206 valence electrons. The number of carbonyl (C=O) groups is 3. The van der Waals surface area contributed by atoms with Crippen molar-refractivity contribution in [3.8, 4) is 11.5 Å². The van der Waals surface area contributed by atoms with Crippen molar-refractivity contribution in [2.45, 2.75) is 27.4 Å². The quantitative estimate of drug-likeness (QED) is 0.185. The highest BCUT2D eigenvalue weighted by Crippen LogP contribution is 2.35. The number of carbonyl (C=O) groups excluding carboxylic acids is 3. The Morgan fingerprint density at radius 3 is 2.58 bits per heavy atom. The first-order chi connectivity index (χ1) is 19.2. The zero-order valence-electron chi connectivity index (χ0n) is 22.1. The summed E-state index contributed by atoms with van der Waals surface area (Å²) in [5.74, 6) is -0.299. The van der Waals surface area contributed by atoms with Crippen LogP contribution < -0.4 is 14.8 Å². The molecule has 1 fully saturated rings. The van der Waals surface area contributed by atoms with Gasteiger partial charge in [0.15, 0.2) is 11.5 Å². The molecule has 4 rings (SSSR count). The minimum Gasteiger partial charge on any atom is -0.490 e. The number of anilines is 1. The highest BCUT2D eigenvalue weighted by Gasteiger charge is 2.36. The highest BCUT2D eigenvalue weighted by atomic mass is 32.2. The first-order valence-corrected chi connectivity index (χ1v) is 13.2. The van der Waals surface area contributed by atoms with Gasteiger partial charge >= 0.3 is 0 Å². The highest BCUT2D eigenvalue weighted by molar-refractivity contribution is 8.18. The first kappa shape index (κ1) is 28.4. The summed E-state index contributed by atoms with van der Waals surface area (Å²) < 4.78 is 11.5. The minimum absolute atomic E-state index is 0.0421. The summed E-state index contributed by atoms with van der Waals surface area (Å²) in [5.41, 5.74) is 3.41. The second kappa shape index (κ2) is 12.5. The van der Waals surface area contributed by atoms with Crippen molar-refractivity contribution in [1.29, 1.82) is 0 Å². The van der Waals surface area contributed by atoms with Gasteiger partial charge < -0.3 is 14.8 Å². The van der Waals surface area contributed by atoms with Gasteiger partial charge in [0.2, 0.25) is 5.91 Å². The molecule has 1 heterocycles. The normalized spacial score (nSPS) is 14.0. The predicted octanol–water partition coefficient (Wildman–Crippen LogP) is 5.86. The summed E-state index contributed by atoms with van der Waals surface area (Å²) in [5, 5.41) is 13.5. The van der Waals surface area contributed by atoms with E-state index in [0.717, 1.165) is 27.8 Å². The van der Waals surface area contributed by atoms with Gasteiger partial charge in [0.25, 0.3) is 16.8 Å². The zero-order valence-corrected chi connectivity index (χ0v) is 22.9. The molecule has 1 aliphatic rings. The fourth-order valence-corrected chi connectivity index (χ4v) is 4.80. The Bertz CT molecular complexity index is 1520. The molecule has 0 bridgehead atoms. The average Bonchev–Trinajstić information content (AvgIpc) is 3.17. The zero-order chi connectivity index (χ0) is 28.8. The molecule has 0 spiro atoms. The molecule has 10 nitrogen and oxygen atoms in total. The van der Waals surface area contributed by atoms with E-state index in [-0.39, 0.29) is 17.2 Å². The largest absolute Gasteiger partial charge is 0.490 e. The lowest BCUT2D eigenvalue weighted by atomic mass is 10.1. The van der Waals surface area contributed by atoms with Crippen molar-refractivity contribution in [1.82, 2.24) is 4.90 Å². The van der Waals surface area contributed by atoms with Crippen molar-refractivity contribution < 1.29 is 28.8 Å². The second-order valence-corrected chi connectivity index (χ2v) is 9.94. The Balaban J connectivity index is 1.47. The summed E-state index contributed by atoms with van der Waals surface area (Å²) in [6.07, 6.45) is 1.54. The summed E-state index contributed by atoms with van der Waals surface area (Å²) in [6.45, 7) is 5.44. The lowest BCUT2D eigenvalue weighted by Crippen LogP contribution is -2.36. The number of para-hydroxylation sites is 1. The fourth-order valence-electron chi connectivity index (χ4n) is 3.96. The summed E-state index contributed by atoms with van der Waals surface area (Å²) in [6, 6.07) is 16.9. The molecule has 40 heavy (non-hydrogen) atoms. The van der Waals surface area contributed by atoms with Crippen molar-refractivity contribution in [2.24, 2.45) is 0 Å². The van der Waals surface area contributed by atoms with Gasteiger partial charge in [0, 0.05) is 11.8 Å². The number of nitro benzene ring substituents is 1.